The van der Waals surface area contributed by atoms with Crippen molar-refractivity contribution < 1.29 is 4.79 Å². The number of hydrogen-bond acceptors (Lipinski definition) is 4. The van der Waals surface area contributed by atoms with Gasteiger partial charge >= 0.3 is 0 Å². The van der Waals surface area contributed by atoms with Gasteiger partial charge in [0.2, 0.25) is 0 Å². The number of aryl methyl sites for hydroxylation is 1. The van der Waals surface area contributed by atoms with Crippen molar-refractivity contribution in [2.24, 2.45) is 5.92 Å². The van der Waals surface area contributed by atoms with E-state index in [9.17, 15) is 4.79 Å². The molecule has 0 unspecified atom stereocenters. The maximum Gasteiger partial charge on any atom is 0.269 e. The molecule has 0 bridgehead atoms. The molecule has 1 aliphatic carbocycles. The molecule has 27 heavy (non-hydrogen) atoms. The number of hydrogen-bond donors (Lipinski definition) is 4. The van der Waals surface area contributed by atoms with Crippen molar-refractivity contribution in [3.05, 3.63) is 53.6 Å². The molecular formula is C21H29N5O. The van der Waals surface area contributed by atoms with Crippen LogP contribution in [0.5, 0.6) is 0 Å². The van der Waals surface area contributed by atoms with Crippen LogP contribution in [-0.2, 0) is 0 Å². The number of aromatic amines is 1. The number of amides is 1. The van der Waals surface area contributed by atoms with Crippen LogP contribution in [0.3, 0.4) is 0 Å². The molecule has 6 nitrogen and oxygen atoms in total. The Balaban J connectivity index is 1.74. The first-order valence-electron chi connectivity index (χ1n) is 9.39. The van der Waals surface area contributed by atoms with Gasteiger partial charge in [-0.1, -0.05) is 19.1 Å². The first kappa shape index (κ1) is 19.0. The van der Waals surface area contributed by atoms with E-state index in [1.165, 1.54) is 5.56 Å². The van der Waals surface area contributed by atoms with Crippen LogP contribution in [0, 0.1) is 12.8 Å². The Morgan fingerprint density at radius 3 is 2.74 bits per heavy atom. The van der Waals surface area contributed by atoms with Gasteiger partial charge in [0.15, 0.2) is 5.82 Å². The minimum absolute atomic E-state index is 0.101. The number of aromatic nitrogens is 2. The number of anilines is 1. The molecular weight excluding hydrogens is 338 g/mol. The van der Waals surface area contributed by atoms with E-state index in [1.807, 2.05) is 13.1 Å². The molecule has 1 amide bonds. The van der Waals surface area contributed by atoms with Crippen molar-refractivity contribution in [2.75, 3.05) is 12.4 Å². The lowest BCUT2D eigenvalue weighted by Crippen LogP contribution is -2.30. The molecule has 1 saturated carbocycles. The monoisotopic (exact) mass is 367 g/mol. The Bertz CT molecular complexity index is 852. The zero-order valence-electron chi connectivity index (χ0n) is 16.7. The third-order valence-electron chi connectivity index (χ3n) is 4.76. The maximum absolute atomic E-state index is 12.3. The van der Waals surface area contributed by atoms with E-state index < -0.39 is 0 Å². The summed E-state index contributed by atoms with van der Waals surface area (Å²) in [7, 11) is 1.85. The van der Waals surface area contributed by atoms with E-state index in [0.29, 0.717) is 23.5 Å². The molecule has 0 radical (unpaired) electrons. The fourth-order valence-corrected chi connectivity index (χ4v) is 3.09. The summed E-state index contributed by atoms with van der Waals surface area (Å²) in [5.41, 5.74) is 3.27. The number of nitrogens with one attached hydrogen (secondary N) is 4. The molecule has 1 fully saturated rings. The molecule has 1 aromatic heterocycles. The second-order valence-corrected chi connectivity index (χ2v) is 7.96. The van der Waals surface area contributed by atoms with Gasteiger partial charge in [-0.25, -0.2) is 4.98 Å². The van der Waals surface area contributed by atoms with Gasteiger partial charge in [0, 0.05) is 18.8 Å². The smallest absolute Gasteiger partial charge is 0.269 e. The van der Waals surface area contributed by atoms with Gasteiger partial charge in [-0.3, -0.25) is 4.79 Å². The van der Waals surface area contributed by atoms with Crippen molar-refractivity contribution in [1.29, 1.82) is 0 Å². The third kappa shape index (κ3) is 4.90. The summed E-state index contributed by atoms with van der Waals surface area (Å²) < 4.78 is 0. The number of imidazole rings is 1. The van der Waals surface area contributed by atoms with Crippen molar-refractivity contribution in [1.82, 2.24) is 20.6 Å². The molecule has 4 N–H and O–H groups in total. The number of carbonyl (C=O) groups is 1. The highest BCUT2D eigenvalue weighted by Gasteiger charge is 2.34. The third-order valence-corrected chi connectivity index (χ3v) is 4.76. The Morgan fingerprint density at radius 2 is 2.11 bits per heavy atom. The average Bonchev–Trinajstić information content (AvgIpc) is 3.09. The summed E-state index contributed by atoms with van der Waals surface area (Å²) >= 11 is 0. The normalized spacial score (nSPS) is 19.5. The summed E-state index contributed by atoms with van der Waals surface area (Å²) in [6.45, 7) is 8.40. The van der Waals surface area contributed by atoms with Crippen molar-refractivity contribution in [3.8, 4) is 0 Å². The predicted octanol–water partition coefficient (Wildman–Crippen LogP) is 3.31. The lowest BCUT2D eigenvalue weighted by molar-refractivity contribution is 0.0945. The summed E-state index contributed by atoms with van der Waals surface area (Å²) in [5, 5.41) is 9.72. The molecule has 2 aromatic rings. The maximum atomic E-state index is 12.3. The second kappa shape index (κ2) is 7.47. The molecule has 0 aliphatic heterocycles. The van der Waals surface area contributed by atoms with Crippen LogP contribution in [0.1, 0.15) is 49.1 Å². The number of carbonyl (C=O) groups excluding carboxylic acids is 1. The van der Waals surface area contributed by atoms with Gasteiger partial charge in [0.1, 0.15) is 5.69 Å². The Morgan fingerprint density at radius 1 is 1.37 bits per heavy atom. The van der Waals surface area contributed by atoms with Crippen LogP contribution >= 0.6 is 0 Å². The largest absolute Gasteiger partial charge is 0.385 e. The van der Waals surface area contributed by atoms with E-state index in [2.05, 4.69) is 77.9 Å². The molecule has 3 rings (SSSR count). The van der Waals surface area contributed by atoms with Crippen molar-refractivity contribution in [2.45, 2.75) is 45.7 Å². The quantitative estimate of drug-likeness (QED) is 0.605. The van der Waals surface area contributed by atoms with Gasteiger partial charge in [-0.05, 0) is 56.9 Å². The van der Waals surface area contributed by atoms with Crippen LogP contribution in [0.2, 0.25) is 0 Å². The number of benzene rings is 1. The predicted molar refractivity (Wildman–Crippen MR) is 110 cm³/mol. The SMILES string of the molecule is CN/C(=C/C(C)(C)Nc1cccc(C)c1)c1ncc(C(=O)N[C@@H]2C[C@@H]2C)[nH]1. The first-order chi connectivity index (χ1) is 12.8. The number of rotatable bonds is 7. The molecule has 2 atom stereocenters. The van der Waals surface area contributed by atoms with E-state index in [1.54, 1.807) is 6.20 Å². The molecule has 144 valence electrons. The molecule has 1 aromatic carbocycles. The first-order valence-corrected chi connectivity index (χ1v) is 9.39. The Hall–Kier alpha value is -2.76. The van der Waals surface area contributed by atoms with Crippen LogP contribution < -0.4 is 16.0 Å². The highest BCUT2D eigenvalue weighted by molar-refractivity contribution is 5.93. The van der Waals surface area contributed by atoms with E-state index in [0.717, 1.165) is 17.8 Å². The molecule has 6 heteroatoms. The topological polar surface area (TPSA) is 81.8 Å². The van der Waals surface area contributed by atoms with E-state index >= 15 is 0 Å². The molecule has 0 spiro atoms. The second-order valence-electron chi connectivity index (χ2n) is 7.96. The van der Waals surface area contributed by atoms with Crippen molar-refractivity contribution in [3.63, 3.8) is 0 Å². The zero-order valence-corrected chi connectivity index (χ0v) is 16.7. The highest BCUT2D eigenvalue weighted by Crippen LogP contribution is 2.29. The Kier molecular flexibility index (Phi) is 5.26. The number of H-pyrrole nitrogens is 1. The molecule has 1 aliphatic rings. The fourth-order valence-electron chi connectivity index (χ4n) is 3.09. The van der Waals surface area contributed by atoms with Crippen molar-refractivity contribution >= 4 is 17.3 Å². The van der Waals surface area contributed by atoms with E-state index in [4.69, 9.17) is 0 Å². The van der Waals surface area contributed by atoms with Crippen LogP contribution in [0.4, 0.5) is 5.69 Å². The molecule has 0 saturated heterocycles. The van der Waals surface area contributed by atoms with Crippen LogP contribution in [0.25, 0.3) is 5.70 Å². The lowest BCUT2D eigenvalue weighted by atomic mass is 10.0. The average molecular weight is 367 g/mol. The fraction of sp³-hybridized carbons (Fsp3) is 0.429. The van der Waals surface area contributed by atoms with Gasteiger partial charge in [-0.15, -0.1) is 0 Å². The van der Waals surface area contributed by atoms with Gasteiger partial charge in [-0.2, -0.15) is 0 Å². The lowest BCUT2D eigenvalue weighted by Gasteiger charge is -2.25. The zero-order chi connectivity index (χ0) is 19.6. The summed E-state index contributed by atoms with van der Waals surface area (Å²) in [6, 6.07) is 8.57. The summed E-state index contributed by atoms with van der Waals surface area (Å²) in [6.07, 6.45) is 4.70. The minimum Gasteiger partial charge on any atom is -0.385 e. The van der Waals surface area contributed by atoms with Crippen LogP contribution in [0.15, 0.2) is 36.5 Å². The Labute approximate surface area is 160 Å². The van der Waals surface area contributed by atoms with Gasteiger partial charge in [0.05, 0.1) is 17.4 Å². The highest BCUT2D eigenvalue weighted by atomic mass is 16.2. The standard InChI is InChI=1S/C21H29N5O/c1-13-7-6-8-15(9-13)26-21(3,4)11-17(22-5)19-23-12-18(24-19)20(27)25-16-10-14(16)2/h6-9,11-12,14,16,22,26H,10H2,1-5H3,(H,23,24)(H,25,27)/b17-11+/t14-,16+/m0/s1. The minimum atomic E-state index is -0.315. The summed E-state index contributed by atoms with van der Waals surface area (Å²) in [5.74, 6) is 1.11. The van der Waals surface area contributed by atoms with Gasteiger partial charge < -0.3 is 20.9 Å². The summed E-state index contributed by atoms with van der Waals surface area (Å²) in [4.78, 5) is 19.8. The van der Waals surface area contributed by atoms with Gasteiger partial charge in [0.25, 0.3) is 5.91 Å². The number of nitrogens with zero attached hydrogens (tertiary/aromatic N) is 1. The van der Waals surface area contributed by atoms with E-state index in [-0.39, 0.29) is 11.4 Å². The molecule has 1 heterocycles. The van der Waals surface area contributed by atoms with Crippen LogP contribution in [-0.4, -0.2) is 34.5 Å².